The molecule has 1 unspecified atom stereocenters. The molecule has 4 nitrogen and oxygen atoms in total. The topological polar surface area (TPSA) is 49.4 Å². The summed E-state index contributed by atoms with van der Waals surface area (Å²) in [4.78, 5) is 27.4. The van der Waals surface area contributed by atoms with Gasteiger partial charge in [-0.2, -0.15) is 0 Å². The van der Waals surface area contributed by atoms with Crippen LogP contribution in [-0.2, 0) is 9.59 Å². The van der Waals surface area contributed by atoms with Gasteiger partial charge in [0.25, 0.3) is 5.91 Å². The van der Waals surface area contributed by atoms with Crippen LogP contribution in [0, 0.1) is 0 Å². The molecule has 20 heavy (non-hydrogen) atoms. The van der Waals surface area contributed by atoms with Gasteiger partial charge in [-0.25, -0.2) is 0 Å². The molecule has 5 heteroatoms. The van der Waals surface area contributed by atoms with Crippen LogP contribution in [0.4, 0.5) is 5.69 Å². The van der Waals surface area contributed by atoms with Gasteiger partial charge in [0.2, 0.25) is 5.91 Å². The summed E-state index contributed by atoms with van der Waals surface area (Å²) in [5.74, 6) is -0.0980. The largest absolute Gasteiger partial charge is 0.342 e. The first-order chi connectivity index (χ1) is 9.51. The molecule has 0 radical (unpaired) electrons. The van der Waals surface area contributed by atoms with E-state index in [-0.39, 0.29) is 11.8 Å². The van der Waals surface area contributed by atoms with Gasteiger partial charge < -0.3 is 10.2 Å². The highest BCUT2D eigenvalue weighted by Crippen LogP contribution is 2.31. The van der Waals surface area contributed by atoms with Crippen molar-refractivity contribution in [1.29, 1.82) is 0 Å². The van der Waals surface area contributed by atoms with Crippen molar-refractivity contribution in [2.24, 2.45) is 0 Å². The summed E-state index contributed by atoms with van der Waals surface area (Å²) in [5.41, 5.74) is 0.0696. The fourth-order valence-electron chi connectivity index (χ4n) is 2.36. The van der Waals surface area contributed by atoms with E-state index in [4.69, 9.17) is 0 Å². The second kappa shape index (κ2) is 5.87. The van der Waals surface area contributed by atoms with Crippen molar-refractivity contribution in [3.05, 3.63) is 24.3 Å². The van der Waals surface area contributed by atoms with Crippen molar-refractivity contribution < 1.29 is 9.59 Å². The summed E-state index contributed by atoms with van der Waals surface area (Å²) in [5, 5.41) is 2.85. The number of rotatable bonds is 3. The molecule has 2 amide bonds. The van der Waals surface area contributed by atoms with Gasteiger partial charge in [0.1, 0.15) is 5.54 Å². The Morgan fingerprint density at radius 1 is 1.35 bits per heavy atom. The van der Waals surface area contributed by atoms with Gasteiger partial charge in [0.15, 0.2) is 0 Å². The van der Waals surface area contributed by atoms with Gasteiger partial charge in [-0.05, 0) is 31.7 Å². The highest BCUT2D eigenvalue weighted by atomic mass is 32.2. The van der Waals surface area contributed by atoms with Crippen LogP contribution in [0.15, 0.2) is 29.2 Å². The molecular formula is C15H20N2O2S. The zero-order valence-corrected chi connectivity index (χ0v) is 12.9. The van der Waals surface area contributed by atoms with Crippen molar-refractivity contribution >= 4 is 29.3 Å². The Morgan fingerprint density at radius 2 is 2.05 bits per heavy atom. The van der Waals surface area contributed by atoms with E-state index in [2.05, 4.69) is 5.32 Å². The third-order valence-corrected chi connectivity index (χ3v) is 4.56. The molecule has 1 aliphatic rings. The van der Waals surface area contributed by atoms with E-state index in [9.17, 15) is 9.59 Å². The van der Waals surface area contributed by atoms with E-state index in [1.165, 1.54) is 0 Å². The maximum Gasteiger partial charge on any atom is 0.252 e. The summed E-state index contributed by atoms with van der Waals surface area (Å²) >= 11 is 1.61. The zero-order chi connectivity index (χ0) is 14.8. The van der Waals surface area contributed by atoms with E-state index in [0.29, 0.717) is 19.4 Å². The van der Waals surface area contributed by atoms with Crippen molar-refractivity contribution in [1.82, 2.24) is 5.32 Å². The quantitative estimate of drug-likeness (QED) is 0.871. The average molecular weight is 292 g/mol. The minimum absolute atomic E-state index is 0.0349. The first-order valence-electron chi connectivity index (χ1n) is 6.78. The fraction of sp³-hybridized carbons (Fsp3) is 0.467. The van der Waals surface area contributed by atoms with Crippen molar-refractivity contribution in [3.63, 3.8) is 0 Å². The molecule has 1 N–H and O–H groups in total. The van der Waals surface area contributed by atoms with Crippen LogP contribution in [0.3, 0.4) is 0 Å². The Kier molecular flexibility index (Phi) is 4.38. The number of nitrogens with one attached hydrogen (secondary N) is 1. The molecule has 1 heterocycles. The molecule has 1 saturated heterocycles. The minimum Gasteiger partial charge on any atom is -0.342 e. The van der Waals surface area contributed by atoms with Crippen LogP contribution >= 0.6 is 11.8 Å². The minimum atomic E-state index is -0.820. The molecule has 0 bridgehead atoms. The summed E-state index contributed by atoms with van der Waals surface area (Å²) in [6.07, 6.45) is 2.91. The number of carbonyl (C=O) groups is 2. The van der Waals surface area contributed by atoms with E-state index in [1.807, 2.05) is 37.4 Å². The highest BCUT2D eigenvalue weighted by molar-refractivity contribution is 7.98. The number of thioether (sulfide) groups is 1. The van der Waals surface area contributed by atoms with E-state index in [0.717, 1.165) is 10.6 Å². The Balaban J connectivity index is 2.44. The molecule has 1 aliphatic heterocycles. The lowest BCUT2D eigenvalue weighted by Crippen LogP contribution is -2.54. The SMILES string of the molecule is CCC1(C)NC(=O)CCN(c2ccccc2SC)C1=O. The fourth-order valence-corrected chi connectivity index (χ4v) is 2.96. The molecule has 1 aromatic carbocycles. The van der Waals surface area contributed by atoms with Crippen LogP contribution in [0.25, 0.3) is 0 Å². The maximum atomic E-state index is 12.8. The van der Waals surface area contributed by atoms with Gasteiger partial charge in [-0.15, -0.1) is 11.8 Å². The lowest BCUT2D eigenvalue weighted by molar-refractivity contribution is -0.129. The zero-order valence-electron chi connectivity index (χ0n) is 12.1. The molecule has 0 spiro atoms. The van der Waals surface area contributed by atoms with Gasteiger partial charge in [-0.1, -0.05) is 19.1 Å². The van der Waals surface area contributed by atoms with E-state index >= 15 is 0 Å². The van der Waals surface area contributed by atoms with Crippen LogP contribution in [0.2, 0.25) is 0 Å². The number of anilines is 1. The molecule has 1 fully saturated rings. The highest BCUT2D eigenvalue weighted by Gasteiger charge is 2.40. The summed E-state index contributed by atoms with van der Waals surface area (Å²) in [7, 11) is 0. The van der Waals surface area contributed by atoms with Crippen molar-refractivity contribution in [2.75, 3.05) is 17.7 Å². The maximum absolute atomic E-state index is 12.8. The molecular weight excluding hydrogens is 272 g/mol. The first kappa shape index (κ1) is 14.9. The Hall–Kier alpha value is -1.49. The lowest BCUT2D eigenvalue weighted by atomic mass is 9.97. The second-order valence-electron chi connectivity index (χ2n) is 5.11. The Labute approximate surface area is 123 Å². The number of hydrogen-bond acceptors (Lipinski definition) is 3. The molecule has 1 aromatic rings. The monoisotopic (exact) mass is 292 g/mol. The molecule has 108 valence electrons. The van der Waals surface area contributed by atoms with Gasteiger partial charge in [0.05, 0.1) is 5.69 Å². The predicted octanol–water partition coefficient (Wildman–Crippen LogP) is 2.43. The van der Waals surface area contributed by atoms with E-state index in [1.54, 1.807) is 23.6 Å². The van der Waals surface area contributed by atoms with Crippen LogP contribution in [0.1, 0.15) is 26.7 Å². The second-order valence-corrected chi connectivity index (χ2v) is 5.96. The number of carbonyl (C=O) groups excluding carboxylic acids is 2. The lowest BCUT2D eigenvalue weighted by Gasteiger charge is -2.32. The number of para-hydroxylation sites is 1. The molecule has 0 aliphatic carbocycles. The van der Waals surface area contributed by atoms with Crippen LogP contribution in [0.5, 0.6) is 0 Å². The van der Waals surface area contributed by atoms with Gasteiger partial charge in [-0.3, -0.25) is 9.59 Å². The predicted molar refractivity (Wildman–Crippen MR) is 82.0 cm³/mol. The van der Waals surface area contributed by atoms with Crippen molar-refractivity contribution in [3.8, 4) is 0 Å². The van der Waals surface area contributed by atoms with Gasteiger partial charge >= 0.3 is 0 Å². The Bertz CT molecular complexity index is 532. The molecule has 0 saturated carbocycles. The van der Waals surface area contributed by atoms with Gasteiger partial charge in [0, 0.05) is 17.9 Å². The Morgan fingerprint density at radius 3 is 2.70 bits per heavy atom. The number of benzene rings is 1. The van der Waals surface area contributed by atoms with Crippen LogP contribution in [-0.4, -0.2) is 30.2 Å². The normalized spacial score (nSPS) is 23.4. The summed E-state index contributed by atoms with van der Waals surface area (Å²) < 4.78 is 0. The number of amides is 2. The molecule has 0 aromatic heterocycles. The third kappa shape index (κ3) is 2.68. The van der Waals surface area contributed by atoms with Crippen LogP contribution < -0.4 is 10.2 Å². The average Bonchev–Trinajstić information content (AvgIpc) is 2.57. The third-order valence-electron chi connectivity index (χ3n) is 3.78. The van der Waals surface area contributed by atoms with E-state index < -0.39 is 5.54 Å². The summed E-state index contributed by atoms with van der Waals surface area (Å²) in [6, 6.07) is 7.82. The first-order valence-corrected chi connectivity index (χ1v) is 8.00. The summed E-state index contributed by atoms with van der Waals surface area (Å²) in [6.45, 7) is 4.15. The number of hydrogen-bond donors (Lipinski definition) is 1. The molecule has 1 atom stereocenters. The standard InChI is InChI=1S/C15H20N2O2S/c1-4-15(2)14(19)17(10-9-13(18)16-15)11-7-5-6-8-12(11)20-3/h5-8H,4,9-10H2,1-3H3,(H,16,18). The van der Waals surface area contributed by atoms with Crippen molar-refractivity contribution in [2.45, 2.75) is 37.1 Å². The number of nitrogens with zero attached hydrogens (tertiary/aromatic N) is 1. The smallest absolute Gasteiger partial charge is 0.252 e. The molecule has 2 rings (SSSR count).